The van der Waals surface area contributed by atoms with Crippen LogP contribution in [0.2, 0.25) is 0 Å². The number of nitrogens with zero attached hydrogens (tertiary/aromatic N) is 2. The van der Waals surface area contributed by atoms with Crippen LogP contribution >= 0.6 is 0 Å². The number of amides is 1. The molecule has 1 aromatic rings. The number of carbonyl (C=O) groups is 2. The van der Waals surface area contributed by atoms with Crippen molar-refractivity contribution in [2.24, 2.45) is 0 Å². The van der Waals surface area contributed by atoms with Crippen LogP contribution in [0.3, 0.4) is 0 Å². The summed E-state index contributed by atoms with van der Waals surface area (Å²) in [5, 5.41) is 10.6. The number of carbonyl (C=O) groups excluding carboxylic acids is 2. The number of nitro groups is 1. The van der Waals surface area contributed by atoms with Crippen molar-refractivity contribution in [3.05, 3.63) is 46.0 Å². The Morgan fingerprint density at radius 3 is 2.33 bits per heavy atom. The lowest BCUT2D eigenvalue weighted by molar-refractivity contribution is -0.384. The highest BCUT2D eigenvalue weighted by Gasteiger charge is 2.16. The van der Waals surface area contributed by atoms with Crippen LogP contribution in [0.1, 0.15) is 31.2 Å². The SMILES string of the molecule is O=C(C=Cc1ccc([N+](=O)[O-])cc1)OCC(=O)N1CCCCCC1. The second-order valence-electron chi connectivity index (χ2n) is 5.58. The molecular formula is C17H20N2O5. The summed E-state index contributed by atoms with van der Waals surface area (Å²) in [5.41, 5.74) is 0.620. The Labute approximate surface area is 140 Å². The minimum Gasteiger partial charge on any atom is -0.452 e. The molecule has 0 bridgehead atoms. The normalized spacial score (nSPS) is 15.1. The van der Waals surface area contributed by atoms with E-state index in [1.807, 2.05) is 0 Å². The molecule has 1 amide bonds. The number of non-ortho nitro benzene ring substituents is 1. The van der Waals surface area contributed by atoms with Crippen LogP contribution < -0.4 is 0 Å². The van der Waals surface area contributed by atoms with Crippen LogP contribution in [0.5, 0.6) is 0 Å². The standard InChI is InChI=1S/C17H20N2O5/c20-16(18-11-3-1-2-4-12-18)13-24-17(21)10-7-14-5-8-15(9-6-14)19(22)23/h5-10H,1-4,11-13H2. The van der Waals surface area contributed by atoms with Gasteiger partial charge in [-0.2, -0.15) is 0 Å². The molecule has 1 aliphatic heterocycles. The maximum atomic E-state index is 12.0. The third-order valence-corrected chi connectivity index (χ3v) is 3.81. The number of ether oxygens (including phenoxy) is 1. The molecule has 0 unspecified atom stereocenters. The van der Waals surface area contributed by atoms with E-state index in [4.69, 9.17) is 4.74 Å². The first-order valence-corrected chi connectivity index (χ1v) is 7.93. The highest BCUT2D eigenvalue weighted by molar-refractivity contribution is 5.89. The van der Waals surface area contributed by atoms with Crippen LogP contribution in [-0.2, 0) is 14.3 Å². The van der Waals surface area contributed by atoms with Gasteiger partial charge in [-0.15, -0.1) is 0 Å². The van der Waals surface area contributed by atoms with E-state index in [1.165, 1.54) is 36.4 Å². The van der Waals surface area contributed by atoms with Crippen LogP contribution in [0.15, 0.2) is 30.3 Å². The molecule has 0 atom stereocenters. The highest BCUT2D eigenvalue weighted by Crippen LogP contribution is 2.13. The molecule has 0 aromatic heterocycles. The zero-order valence-electron chi connectivity index (χ0n) is 13.3. The first kappa shape index (κ1) is 17.7. The molecule has 0 saturated carbocycles. The molecule has 7 heteroatoms. The van der Waals surface area contributed by atoms with Gasteiger partial charge >= 0.3 is 5.97 Å². The fourth-order valence-corrected chi connectivity index (χ4v) is 2.46. The summed E-state index contributed by atoms with van der Waals surface area (Å²) in [7, 11) is 0. The van der Waals surface area contributed by atoms with Crippen molar-refractivity contribution in [1.29, 1.82) is 0 Å². The van der Waals surface area contributed by atoms with Gasteiger partial charge < -0.3 is 9.64 Å². The van der Waals surface area contributed by atoms with Gasteiger partial charge in [0.2, 0.25) is 0 Å². The molecule has 7 nitrogen and oxygen atoms in total. The molecule has 0 spiro atoms. The Balaban J connectivity index is 1.79. The van der Waals surface area contributed by atoms with E-state index < -0.39 is 10.9 Å². The summed E-state index contributed by atoms with van der Waals surface area (Å²) in [6.07, 6.45) is 6.92. The molecule has 1 heterocycles. The largest absolute Gasteiger partial charge is 0.452 e. The van der Waals surface area contributed by atoms with Crippen molar-refractivity contribution < 1.29 is 19.2 Å². The van der Waals surface area contributed by atoms with Crippen LogP contribution in [0.4, 0.5) is 5.69 Å². The van der Waals surface area contributed by atoms with Gasteiger partial charge in [-0.05, 0) is 36.6 Å². The Hall–Kier alpha value is -2.70. The number of esters is 1. The van der Waals surface area contributed by atoms with E-state index in [1.54, 1.807) is 4.90 Å². The lowest BCUT2D eigenvalue weighted by Crippen LogP contribution is -2.35. The molecule has 1 aliphatic rings. The Kier molecular flexibility index (Phi) is 6.48. The topological polar surface area (TPSA) is 89.7 Å². The fourth-order valence-electron chi connectivity index (χ4n) is 2.46. The van der Waals surface area contributed by atoms with Gasteiger partial charge in [0.05, 0.1) is 4.92 Å². The molecule has 0 aliphatic carbocycles. The predicted molar refractivity (Wildman–Crippen MR) is 88.1 cm³/mol. The van der Waals surface area contributed by atoms with E-state index in [0.717, 1.165) is 38.8 Å². The summed E-state index contributed by atoms with van der Waals surface area (Å²) >= 11 is 0. The lowest BCUT2D eigenvalue weighted by Gasteiger charge is -2.19. The molecule has 1 fully saturated rings. The average Bonchev–Trinajstić information content (AvgIpc) is 2.87. The third kappa shape index (κ3) is 5.49. The third-order valence-electron chi connectivity index (χ3n) is 3.81. The van der Waals surface area contributed by atoms with E-state index >= 15 is 0 Å². The van der Waals surface area contributed by atoms with Gasteiger partial charge in [-0.3, -0.25) is 14.9 Å². The molecule has 1 aromatic carbocycles. The van der Waals surface area contributed by atoms with Crippen molar-refractivity contribution in [3.63, 3.8) is 0 Å². The summed E-state index contributed by atoms with van der Waals surface area (Å²) in [6, 6.07) is 5.77. The lowest BCUT2D eigenvalue weighted by atomic mass is 10.2. The van der Waals surface area contributed by atoms with Gasteiger partial charge in [-0.25, -0.2) is 4.79 Å². The number of rotatable bonds is 5. The number of likely N-dealkylation sites (tertiary alicyclic amines) is 1. The summed E-state index contributed by atoms with van der Waals surface area (Å²) < 4.78 is 4.96. The highest BCUT2D eigenvalue weighted by atomic mass is 16.6. The van der Waals surface area contributed by atoms with Gasteiger partial charge in [-0.1, -0.05) is 12.8 Å². The summed E-state index contributed by atoms with van der Waals surface area (Å²) in [5.74, 6) is -0.787. The van der Waals surface area contributed by atoms with Crippen LogP contribution in [0, 0.1) is 10.1 Å². The number of nitro benzene ring substituents is 1. The zero-order valence-corrected chi connectivity index (χ0v) is 13.3. The smallest absolute Gasteiger partial charge is 0.331 e. The zero-order chi connectivity index (χ0) is 17.4. The molecular weight excluding hydrogens is 312 g/mol. The van der Waals surface area contributed by atoms with Crippen molar-refractivity contribution >= 4 is 23.6 Å². The molecule has 2 rings (SSSR count). The van der Waals surface area contributed by atoms with Crippen molar-refractivity contribution in [1.82, 2.24) is 4.90 Å². The van der Waals surface area contributed by atoms with Gasteiger partial charge in [0.25, 0.3) is 11.6 Å². The second kappa shape index (κ2) is 8.81. The Bertz CT molecular complexity index is 616. The van der Waals surface area contributed by atoms with E-state index in [-0.39, 0.29) is 18.2 Å². The monoisotopic (exact) mass is 332 g/mol. The Morgan fingerprint density at radius 2 is 1.75 bits per heavy atom. The molecule has 0 N–H and O–H groups in total. The van der Waals surface area contributed by atoms with Crippen molar-refractivity contribution in [2.45, 2.75) is 25.7 Å². The fraction of sp³-hybridized carbons (Fsp3) is 0.412. The summed E-state index contributed by atoms with van der Waals surface area (Å²) in [6.45, 7) is 1.17. The van der Waals surface area contributed by atoms with Crippen molar-refractivity contribution in [2.75, 3.05) is 19.7 Å². The predicted octanol–water partition coefficient (Wildman–Crippen LogP) is 2.55. The van der Waals surface area contributed by atoms with E-state index in [9.17, 15) is 19.7 Å². The van der Waals surface area contributed by atoms with Gasteiger partial charge in [0, 0.05) is 31.3 Å². The number of hydrogen-bond donors (Lipinski definition) is 0. The maximum absolute atomic E-state index is 12.0. The second-order valence-corrected chi connectivity index (χ2v) is 5.58. The van der Waals surface area contributed by atoms with E-state index in [2.05, 4.69) is 0 Å². The van der Waals surface area contributed by atoms with Crippen LogP contribution in [0.25, 0.3) is 6.08 Å². The van der Waals surface area contributed by atoms with Gasteiger partial charge in [0.1, 0.15) is 0 Å². The molecule has 1 saturated heterocycles. The quantitative estimate of drug-likeness (QED) is 0.358. The number of hydrogen-bond acceptors (Lipinski definition) is 5. The van der Waals surface area contributed by atoms with Crippen molar-refractivity contribution in [3.8, 4) is 0 Å². The first-order valence-electron chi connectivity index (χ1n) is 7.93. The molecule has 24 heavy (non-hydrogen) atoms. The number of benzene rings is 1. The summed E-state index contributed by atoms with van der Waals surface area (Å²) in [4.78, 5) is 35.5. The first-order chi connectivity index (χ1) is 11.6. The maximum Gasteiger partial charge on any atom is 0.331 e. The van der Waals surface area contributed by atoms with Crippen LogP contribution in [-0.4, -0.2) is 41.4 Å². The molecule has 128 valence electrons. The minimum absolute atomic E-state index is 0.0160. The van der Waals surface area contributed by atoms with E-state index in [0.29, 0.717) is 5.56 Å². The Morgan fingerprint density at radius 1 is 1.12 bits per heavy atom. The van der Waals surface area contributed by atoms with Gasteiger partial charge in [0.15, 0.2) is 6.61 Å². The minimum atomic E-state index is -0.614. The molecule has 0 radical (unpaired) electrons. The average molecular weight is 332 g/mol.